The first-order valence-electron chi connectivity index (χ1n) is 5.67. The van der Waals surface area contributed by atoms with Crippen molar-refractivity contribution in [2.24, 2.45) is 0 Å². The molecule has 0 unspecified atom stereocenters. The maximum Gasteiger partial charge on any atom is 0.252 e. The average molecular weight is 313 g/mol. The molecule has 18 heavy (non-hydrogen) atoms. The van der Waals surface area contributed by atoms with Gasteiger partial charge in [-0.05, 0) is 34.5 Å². The molecule has 0 heterocycles. The van der Waals surface area contributed by atoms with Crippen molar-refractivity contribution in [3.8, 4) is 0 Å². The number of amides is 1. The van der Waals surface area contributed by atoms with Crippen molar-refractivity contribution in [1.82, 2.24) is 5.32 Å². The van der Waals surface area contributed by atoms with Gasteiger partial charge in [-0.2, -0.15) is 0 Å². The highest BCUT2D eigenvalue weighted by molar-refractivity contribution is 9.10. The Hall–Kier alpha value is -1.33. The number of benzene rings is 1. The number of ether oxygens (including phenoxy) is 1. The number of hydrogen-bond acceptors (Lipinski definition) is 3. The van der Waals surface area contributed by atoms with Crippen molar-refractivity contribution in [2.45, 2.75) is 6.42 Å². The van der Waals surface area contributed by atoms with Gasteiger partial charge in [-0.15, -0.1) is 6.58 Å². The number of rotatable bonds is 7. The van der Waals surface area contributed by atoms with Crippen LogP contribution in [-0.4, -0.2) is 25.7 Å². The molecule has 1 aromatic rings. The fourth-order valence-electron chi connectivity index (χ4n) is 1.33. The maximum atomic E-state index is 11.8. The van der Waals surface area contributed by atoms with Gasteiger partial charge in [0.2, 0.25) is 0 Å². The Labute approximate surface area is 115 Å². The van der Waals surface area contributed by atoms with Crippen LogP contribution < -0.4 is 11.1 Å². The van der Waals surface area contributed by atoms with Gasteiger partial charge >= 0.3 is 0 Å². The lowest BCUT2D eigenvalue weighted by Gasteiger charge is -2.08. The van der Waals surface area contributed by atoms with Gasteiger partial charge in [0.05, 0.1) is 23.2 Å². The van der Waals surface area contributed by atoms with Crippen molar-refractivity contribution >= 4 is 27.5 Å². The van der Waals surface area contributed by atoms with Gasteiger partial charge < -0.3 is 15.8 Å². The number of anilines is 1. The number of halogens is 1. The molecule has 98 valence electrons. The molecule has 3 N–H and O–H groups in total. The smallest absolute Gasteiger partial charge is 0.252 e. The van der Waals surface area contributed by atoms with Crippen LogP contribution >= 0.6 is 15.9 Å². The molecule has 1 amide bonds. The maximum absolute atomic E-state index is 11.8. The van der Waals surface area contributed by atoms with Gasteiger partial charge in [0.1, 0.15) is 0 Å². The van der Waals surface area contributed by atoms with E-state index in [0.29, 0.717) is 35.5 Å². The molecular formula is C13H17BrN2O2. The van der Waals surface area contributed by atoms with E-state index in [4.69, 9.17) is 10.5 Å². The second-order valence-corrected chi connectivity index (χ2v) is 4.45. The second-order valence-electron chi connectivity index (χ2n) is 3.65. The lowest BCUT2D eigenvalue weighted by molar-refractivity contribution is 0.0917. The zero-order valence-electron chi connectivity index (χ0n) is 10.1. The summed E-state index contributed by atoms with van der Waals surface area (Å²) in [6, 6.07) is 5.20. The minimum Gasteiger partial charge on any atom is -0.398 e. The summed E-state index contributed by atoms with van der Waals surface area (Å²) in [5, 5.41) is 2.77. The molecule has 0 fully saturated rings. The number of nitrogen functional groups attached to an aromatic ring is 1. The molecule has 0 aromatic heterocycles. The van der Waals surface area contributed by atoms with Crippen LogP contribution in [0, 0.1) is 0 Å². The van der Waals surface area contributed by atoms with E-state index in [0.717, 1.165) is 6.42 Å². The van der Waals surface area contributed by atoms with Crippen molar-refractivity contribution in [3.63, 3.8) is 0 Å². The van der Waals surface area contributed by atoms with Gasteiger partial charge in [0.25, 0.3) is 5.91 Å². The third-order valence-electron chi connectivity index (χ3n) is 2.27. The lowest BCUT2D eigenvalue weighted by Crippen LogP contribution is -2.27. The quantitative estimate of drug-likeness (QED) is 0.461. The summed E-state index contributed by atoms with van der Waals surface area (Å²) in [7, 11) is 0. The molecule has 0 saturated carbocycles. The SMILES string of the molecule is C=CCCOCCNC(=O)c1cccc(N)c1Br. The van der Waals surface area contributed by atoms with Gasteiger partial charge in [-0.3, -0.25) is 4.79 Å². The monoisotopic (exact) mass is 312 g/mol. The van der Waals surface area contributed by atoms with E-state index in [1.54, 1.807) is 24.3 Å². The molecule has 0 aliphatic heterocycles. The summed E-state index contributed by atoms with van der Waals surface area (Å²) in [6.07, 6.45) is 2.61. The summed E-state index contributed by atoms with van der Waals surface area (Å²) < 4.78 is 5.91. The van der Waals surface area contributed by atoms with Crippen LogP contribution in [-0.2, 0) is 4.74 Å². The van der Waals surface area contributed by atoms with Gasteiger partial charge in [0, 0.05) is 12.2 Å². The summed E-state index contributed by atoms with van der Waals surface area (Å²) in [5.74, 6) is -0.165. The Kier molecular flexibility index (Phi) is 6.46. The Balaban J connectivity index is 2.37. The summed E-state index contributed by atoms with van der Waals surface area (Å²) in [5.41, 5.74) is 6.78. The van der Waals surface area contributed by atoms with Gasteiger partial charge in [-0.1, -0.05) is 12.1 Å². The predicted molar refractivity (Wildman–Crippen MR) is 76.5 cm³/mol. The molecule has 0 aliphatic carbocycles. The highest BCUT2D eigenvalue weighted by atomic mass is 79.9. The first kappa shape index (κ1) is 14.7. The van der Waals surface area contributed by atoms with E-state index in [9.17, 15) is 4.79 Å². The Morgan fingerprint density at radius 1 is 1.50 bits per heavy atom. The molecule has 4 nitrogen and oxygen atoms in total. The van der Waals surface area contributed by atoms with Crippen molar-refractivity contribution < 1.29 is 9.53 Å². The predicted octanol–water partition coefficient (Wildman–Crippen LogP) is 2.35. The normalized spacial score (nSPS) is 10.1. The molecule has 5 heteroatoms. The third kappa shape index (κ3) is 4.50. The zero-order valence-corrected chi connectivity index (χ0v) is 11.7. The number of carbonyl (C=O) groups is 1. The first-order valence-corrected chi connectivity index (χ1v) is 6.47. The van der Waals surface area contributed by atoms with E-state index in [-0.39, 0.29) is 5.91 Å². The number of hydrogen-bond donors (Lipinski definition) is 2. The van der Waals surface area contributed by atoms with E-state index >= 15 is 0 Å². The summed E-state index contributed by atoms with van der Waals surface area (Å²) in [4.78, 5) is 11.8. The lowest BCUT2D eigenvalue weighted by atomic mass is 10.2. The fraction of sp³-hybridized carbons (Fsp3) is 0.308. The van der Waals surface area contributed by atoms with E-state index in [2.05, 4.69) is 27.8 Å². The summed E-state index contributed by atoms with van der Waals surface area (Å²) in [6.45, 7) is 5.18. The van der Waals surface area contributed by atoms with Gasteiger partial charge in [-0.25, -0.2) is 0 Å². The Morgan fingerprint density at radius 2 is 2.28 bits per heavy atom. The largest absolute Gasteiger partial charge is 0.398 e. The molecular weight excluding hydrogens is 296 g/mol. The van der Waals surface area contributed by atoms with Crippen molar-refractivity contribution in [1.29, 1.82) is 0 Å². The van der Waals surface area contributed by atoms with Crippen LogP contribution in [0.1, 0.15) is 16.8 Å². The van der Waals surface area contributed by atoms with Crippen molar-refractivity contribution in [3.05, 3.63) is 40.9 Å². The third-order valence-corrected chi connectivity index (χ3v) is 3.16. The average Bonchev–Trinajstić information content (AvgIpc) is 2.36. The summed E-state index contributed by atoms with van der Waals surface area (Å²) >= 11 is 3.30. The van der Waals surface area contributed by atoms with E-state index in [1.807, 2.05) is 0 Å². The molecule has 0 spiro atoms. The van der Waals surface area contributed by atoms with Crippen molar-refractivity contribution in [2.75, 3.05) is 25.5 Å². The molecule has 1 aromatic carbocycles. The van der Waals surface area contributed by atoms with E-state index < -0.39 is 0 Å². The Morgan fingerprint density at radius 3 is 3.00 bits per heavy atom. The van der Waals surface area contributed by atoms with Crippen LogP contribution in [0.4, 0.5) is 5.69 Å². The number of nitrogens with two attached hydrogens (primary N) is 1. The molecule has 0 aliphatic rings. The first-order chi connectivity index (χ1) is 8.66. The minimum absolute atomic E-state index is 0.165. The highest BCUT2D eigenvalue weighted by Crippen LogP contribution is 2.23. The number of nitrogens with one attached hydrogen (secondary N) is 1. The van der Waals surface area contributed by atoms with E-state index in [1.165, 1.54) is 0 Å². The standard InChI is InChI=1S/C13H17BrN2O2/c1-2-3-8-18-9-7-16-13(17)10-5-4-6-11(15)12(10)14/h2,4-6H,1,3,7-9,15H2,(H,16,17). The zero-order chi connectivity index (χ0) is 13.4. The molecule has 0 saturated heterocycles. The highest BCUT2D eigenvalue weighted by Gasteiger charge is 2.10. The minimum atomic E-state index is -0.165. The molecule has 1 rings (SSSR count). The Bertz CT molecular complexity index is 421. The second kappa shape index (κ2) is 7.89. The molecule has 0 atom stereocenters. The molecule has 0 bridgehead atoms. The topological polar surface area (TPSA) is 64.3 Å². The molecule has 0 radical (unpaired) electrons. The van der Waals surface area contributed by atoms with Crippen LogP contribution in [0.3, 0.4) is 0 Å². The van der Waals surface area contributed by atoms with Crippen LogP contribution in [0.2, 0.25) is 0 Å². The van der Waals surface area contributed by atoms with Crippen LogP contribution in [0.5, 0.6) is 0 Å². The number of carbonyl (C=O) groups excluding carboxylic acids is 1. The van der Waals surface area contributed by atoms with Crippen LogP contribution in [0.25, 0.3) is 0 Å². The fourth-order valence-corrected chi connectivity index (χ4v) is 1.77. The van der Waals surface area contributed by atoms with Gasteiger partial charge in [0.15, 0.2) is 0 Å². The van der Waals surface area contributed by atoms with Crippen LogP contribution in [0.15, 0.2) is 35.3 Å².